The van der Waals surface area contributed by atoms with Crippen LogP contribution in [0.2, 0.25) is 0 Å². The van der Waals surface area contributed by atoms with Crippen LogP contribution in [0.25, 0.3) is 0 Å². The molecule has 1 aromatic rings. The second-order valence-corrected chi connectivity index (χ2v) is 5.24. The first-order valence-corrected chi connectivity index (χ1v) is 7.32. The molecule has 0 atom stereocenters. The first kappa shape index (κ1) is 16.4. The number of thiocarbonyl (C=S) groups is 1. The molecule has 0 unspecified atom stereocenters. The normalized spacial score (nSPS) is 10.8. The molecule has 5 heteroatoms. The lowest BCUT2D eigenvalue weighted by molar-refractivity contribution is 0.289. The summed E-state index contributed by atoms with van der Waals surface area (Å²) in [6, 6.07) is 7.83. The highest BCUT2D eigenvalue weighted by Crippen LogP contribution is 2.12. The third-order valence-corrected chi connectivity index (χ3v) is 2.80. The van der Waals surface area contributed by atoms with Crippen molar-refractivity contribution >= 4 is 23.5 Å². The van der Waals surface area contributed by atoms with Crippen LogP contribution in [0.15, 0.2) is 29.4 Å². The summed E-state index contributed by atoms with van der Waals surface area (Å²) >= 11 is 5.00. The molecule has 0 saturated heterocycles. The van der Waals surface area contributed by atoms with Gasteiger partial charge in [0.05, 0.1) is 12.8 Å². The summed E-state index contributed by atoms with van der Waals surface area (Å²) in [5.74, 6) is 1.55. The van der Waals surface area contributed by atoms with Crippen LogP contribution in [0.5, 0.6) is 5.75 Å². The zero-order valence-electron chi connectivity index (χ0n) is 12.3. The molecule has 0 aliphatic carbocycles. The number of hydrogen-bond acceptors (Lipinski definition) is 3. The smallest absolute Gasteiger partial charge is 0.186 e. The first-order chi connectivity index (χ1) is 9.61. The third kappa shape index (κ3) is 7.09. The highest BCUT2D eigenvalue weighted by molar-refractivity contribution is 7.80. The van der Waals surface area contributed by atoms with Crippen molar-refractivity contribution in [2.45, 2.75) is 27.2 Å². The largest absolute Gasteiger partial charge is 0.494 e. The van der Waals surface area contributed by atoms with Crippen LogP contribution in [0.3, 0.4) is 0 Å². The standard InChI is InChI=1S/C15H23N3OS/c1-4-16-15(20)18-17-11-13-5-7-14(8-6-13)19-10-9-12(2)3/h5-8,11-12H,4,9-10H2,1-3H3,(H2,16,18,20)/b17-11-. The second-order valence-electron chi connectivity index (χ2n) is 4.83. The first-order valence-electron chi connectivity index (χ1n) is 6.91. The van der Waals surface area contributed by atoms with Crippen LogP contribution in [0.4, 0.5) is 0 Å². The molecule has 0 radical (unpaired) electrons. The summed E-state index contributed by atoms with van der Waals surface area (Å²) < 4.78 is 5.66. The Bertz CT molecular complexity index is 429. The molecule has 0 fully saturated rings. The van der Waals surface area contributed by atoms with E-state index in [1.54, 1.807) is 6.21 Å². The molecular formula is C15H23N3OS. The Labute approximate surface area is 126 Å². The van der Waals surface area contributed by atoms with E-state index in [1.165, 1.54) is 0 Å². The molecule has 2 N–H and O–H groups in total. The maximum absolute atomic E-state index is 5.66. The minimum absolute atomic E-state index is 0.525. The van der Waals surface area contributed by atoms with Gasteiger partial charge in [0.15, 0.2) is 5.11 Å². The van der Waals surface area contributed by atoms with E-state index in [-0.39, 0.29) is 0 Å². The Kier molecular flexibility index (Phi) is 7.65. The molecule has 1 rings (SSSR count). The average molecular weight is 293 g/mol. The van der Waals surface area contributed by atoms with Crippen molar-refractivity contribution in [2.75, 3.05) is 13.2 Å². The number of nitrogens with zero attached hydrogens (tertiary/aromatic N) is 1. The van der Waals surface area contributed by atoms with Crippen LogP contribution in [0, 0.1) is 5.92 Å². The lowest BCUT2D eigenvalue weighted by Crippen LogP contribution is -2.31. The Morgan fingerprint density at radius 2 is 2.05 bits per heavy atom. The summed E-state index contributed by atoms with van der Waals surface area (Å²) in [6.45, 7) is 7.89. The van der Waals surface area contributed by atoms with E-state index in [0.29, 0.717) is 11.0 Å². The molecule has 0 saturated carbocycles. The van der Waals surface area contributed by atoms with E-state index in [9.17, 15) is 0 Å². The van der Waals surface area contributed by atoms with Crippen molar-refractivity contribution in [3.05, 3.63) is 29.8 Å². The zero-order chi connectivity index (χ0) is 14.8. The van der Waals surface area contributed by atoms with Crippen LogP contribution in [-0.4, -0.2) is 24.5 Å². The topological polar surface area (TPSA) is 45.7 Å². The van der Waals surface area contributed by atoms with Crippen LogP contribution < -0.4 is 15.5 Å². The Balaban J connectivity index is 2.38. The number of nitrogens with one attached hydrogen (secondary N) is 2. The van der Waals surface area contributed by atoms with E-state index in [4.69, 9.17) is 17.0 Å². The van der Waals surface area contributed by atoms with Crippen molar-refractivity contribution in [1.82, 2.24) is 10.7 Å². The van der Waals surface area contributed by atoms with Crippen molar-refractivity contribution in [3.63, 3.8) is 0 Å². The highest BCUT2D eigenvalue weighted by Gasteiger charge is 1.97. The van der Waals surface area contributed by atoms with Crippen LogP contribution in [-0.2, 0) is 0 Å². The lowest BCUT2D eigenvalue weighted by Gasteiger charge is -2.08. The summed E-state index contributed by atoms with van der Waals surface area (Å²) in [6.07, 6.45) is 2.79. The molecule has 0 spiro atoms. The Morgan fingerprint density at radius 1 is 1.35 bits per heavy atom. The predicted octanol–water partition coefficient (Wildman–Crippen LogP) is 2.93. The molecule has 0 aromatic heterocycles. The molecule has 0 aliphatic rings. The van der Waals surface area contributed by atoms with Gasteiger partial charge in [0.1, 0.15) is 5.75 Å². The van der Waals surface area contributed by atoms with Crippen molar-refractivity contribution in [2.24, 2.45) is 11.0 Å². The molecule has 1 aromatic carbocycles. The molecule has 110 valence electrons. The van der Waals surface area contributed by atoms with Gasteiger partial charge >= 0.3 is 0 Å². The summed E-state index contributed by atoms with van der Waals surface area (Å²) in [7, 11) is 0. The molecule has 0 amide bonds. The van der Waals surface area contributed by atoms with Crippen LogP contribution in [0.1, 0.15) is 32.8 Å². The fourth-order valence-corrected chi connectivity index (χ4v) is 1.63. The summed E-state index contributed by atoms with van der Waals surface area (Å²) in [5.41, 5.74) is 3.75. The van der Waals surface area contributed by atoms with Gasteiger partial charge in [-0.2, -0.15) is 5.10 Å². The minimum Gasteiger partial charge on any atom is -0.494 e. The highest BCUT2D eigenvalue weighted by atomic mass is 32.1. The fourth-order valence-electron chi connectivity index (χ4n) is 1.43. The van der Waals surface area contributed by atoms with E-state index < -0.39 is 0 Å². The number of hydrazone groups is 1. The van der Waals surface area contributed by atoms with E-state index >= 15 is 0 Å². The predicted molar refractivity (Wildman–Crippen MR) is 88.4 cm³/mol. The Hall–Kier alpha value is -1.62. The van der Waals surface area contributed by atoms with Crippen molar-refractivity contribution in [1.29, 1.82) is 0 Å². The van der Waals surface area contributed by atoms with Gasteiger partial charge in [-0.1, -0.05) is 13.8 Å². The van der Waals surface area contributed by atoms with Gasteiger partial charge < -0.3 is 10.1 Å². The number of rotatable bonds is 7. The SMILES string of the molecule is CCNC(=S)N/N=C\c1ccc(OCCC(C)C)cc1. The van der Waals surface area contributed by atoms with E-state index in [2.05, 4.69) is 29.7 Å². The van der Waals surface area contributed by atoms with Gasteiger partial charge in [-0.05, 0) is 61.3 Å². The van der Waals surface area contributed by atoms with Gasteiger partial charge in [0.25, 0.3) is 0 Å². The van der Waals surface area contributed by atoms with Gasteiger partial charge in [0, 0.05) is 6.54 Å². The second kappa shape index (κ2) is 9.31. The average Bonchev–Trinajstić information content (AvgIpc) is 2.40. The Morgan fingerprint density at radius 3 is 2.65 bits per heavy atom. The number of hydrogen-bond donors (Lipinski definition) is 2. The van der Waals surface area contributed by atoms with Gasteiger partial charge in [-0.15, -0.1) is 0 Å². The molecule has 4 nitrogen and oxygen atoms in total. The number of benzene rings is 1. The van der Waals surface area contributed by atoms with Crippen molar-refractivity contribution < 1.29 is 4.74 Å². The van der Waals surface area contributed by atoms with Crippen molar-refractivity contribution in [3.8, 4) is 5.75 Å². The quantitative estimate of drug-likeness (QED) is 0.461. The maximum Gasteiger partial charge on any atom is 0.186 e. The number of ether oxygens (including phenoxy) is 1. The lowest BCUT2D eigenvalue weighted by atomic mass is 10.1. The monoisotopic (exact) mass is 293 g/mol. The third-order valence-electron chi connectivity index (χ3n) is 2.56. The fraction of sp³-hybridized carbons (Fsp3) is 0.467. The van der Waals surface area contributed by atoms with Gasteiger partial charge in [-0.3, -0.25) is 5.43 Å². The zero-order valence-corrected chi connectivity index (χ0v) is 13.2. The molecular weight excluding hydrogens is 270 g/mol. The summed E-state index contributed by atoms with van der Waals surface area (Å²) in [4.78, 5) is 0. The molecule has 0 heterocycles. The molecule has 0 aliphatic heterocycles. The van der Waals surface area contributed by atoms with Crippen LogP contribution >= 0.6 is 12.2 Å². The van der Waals surface area contributed by atoms with Gasteiger partial charge in [0.2, 0.25) is 0 Å². The van der Waals surface area contributed by atoms with E-state index in [1.807, 2.05) is 31.2 Å². The van der Waals surface area contributed by atoms with E-state index in [0.717, 1.165) is 30.9 Å². The summed E-state index contributed by atoms with van der Waals surface area (Å²) in [5, 5.41) is 7.54. The minimum atomic E-state index is 0.525. The van der Waals surface area contributed by atoms with Gasteiger partial charge in [-0.25, -0.2) is 0 Å². The molecule has 0 bridgehead atoms. The maximum atomic E-state index is 5.66. The molecule has 20 heavy (non-hydrogen) atoms.